The van der Waals surface area contributed by atoms with Gasteiger partial charge < -0.3 is 0 Å². The van der Waals surface area contributed by atoms with Gasteiger partial charge in [-0.15, -0.1) is 0 Å². The monoisotopic (exact) mass is 585 g/mol. The first-order valence-electron chi connectivity index (χ1n) is 11.4. The molecule has 0 spiro atoms. The van der Waals surface area contributed by atoms with Crippen molar-refractivity contribution in [1.82, 2.24) is 0 Å². The van der Waals surface area contributed by atoms with Crippen molar-refractivity contribution in [3.63, 3.8) is 0 Å². The van der Waals surface area contributed by atoms with Gasteiger partial charge in [0.2, 0.25) is 0 Å². The maximum absolute atomic E-state index is 2.38. The first-order valence-corrected chi connectivity index (χ1v) is 12.8. The number of hydrogen-bond acceptors (Lipinski definition) is 0. The van der Waals surface area contributed by atoms with Gasteiger partial charge in [0.05, 0.1) is 0 Å². The van der Waals surface area contributed by atoms with Crippen LogP contribution < -0.4 is 0 Å². The molecule has 4 atom stereocenters. The van der Waals surface area contributed by atoms with Crippen LogP contribution in [0.4, 0.5) is 0 Å². The summed E-state index contributed by atoms with van der Waals surface area (Å²) >= 11 is 0. The molecule has 4 saturated carbocycles. The van der Waals surface area contributed by atoms with Gasteiger partial charge in [-0.25, -0.2) is 0 Å². The third-order valence-corrected chi connectivity index (χ3v) is 10.4. The van der Waals surface area contributed by atoms with Gasteiger partial charge in [-0.3, -0.25) is 0 Å². The van der Waals surface area contributed by atoms with E-state index in [2.05, 4.69) is 88.0 Å². The van der Waals surface area contributed by atoms with Gasteiger partial charge in [0, 0.05) is 0 Å². The van der Waals surface area contributed by atoms with Gasteiger partial charge in [-0.1, -0.05) is 70.2 Å². The third kappa shape index (κ3) is 8.33. The van der Waals surface area contributed by atoms with Crippen LogP contribution in [-0.2, 0) is 21.1 Å². The summed E-state index contributed by atoms with van der Waals surface area (Å²) in [6, 6.07) is 0. The van der Waals surface area contributed by atoms with Crippen LogP contribution in [0.2, 0.25) is 0 Å². The van der Waals surface area contributed by atoms with E-state index in [0.29, 0.717) is 15.5 Å². The average molecular weight is 586 g/mol. The van der Waals surface area contributed by atoms with E-state index in [9.17, 15) is 0 Å². The van der Waals surface area contributed by atoms with Crippen molar-refractivity contribution in [3.05, 3.63) is 25.7 Å². The van der Waals surface area contributed by atoms with E-state index >= 15 is 0 Å². The Morgan fingerprint density at radius 1 is 0.500 bits per heavy atom. The zero-order valence-electron chi connectivity index (χ0n) is 20.1. The summed E-state index contributed by atoms with van der Waals surface area (Å²) in [5.74, 6) is 3.96. The Morgan fingerprint density at radius 2 is 0.714 bits per heavy atom. The van der Waals surface area contributed by atoms with E-state index in [4.69, 9.17) is 0 Å². The summed E-state index contributed by atoms with van der Waals surface area (Å²) in [5, 5.41) is 1.35. The quantitative estimate of drug-likeness (QED) is 0.250. The maximum Gasteiger partial charge on any atom is 2.00 e. The van der Waals surface area contributed by atoms with Gasteiger partial charge >= 0.3 is 21.1 Å². The van der Waals surface area contributed by atoms with Crippen molar-refractivity contribution >= 4 is 7.92 Å². The minimum Gasteiger partial charge on any atom is -0.0901 e. The minimum absolute atomic E-state index is 0. The first kappa shape index (κ1) is 27.2. The van der Waals surface area contributed by atoms with Gasteiger partial charge in [0.25, 0.3) is 0 Å². The van der Waals surface area contributed by atoms with Gasteiger partial charge in [0.15, 0.2) is 0 Å². The molecular formula is C26H47PPt+2. The van der Waals surface area contributed by atoms with E-state index in [0.717, 1.165) is 23.7 Å². The fourth-order valence-electron chi connectivity index (χ4n) is 6.45. The SMILES string of the molecule is CC(C)(C)P(C(C)(C)C)C(C)(C)C.[CH]1[CH][C@H]2CC[C@@H]1C2.[CH]1[CH][C@H]2CC[C@@H]1C2.[Pt+2]. The molecule has 164 valence electrons. The summed E-state index contributed by atoms with van der Waals surface area (Å²) in [5.41, 5.74) is 0. The standard InChI is InChI=1S/C12H27P.2C7H10.Pt/c1-10(2,3)13(11(4,5)6)12(7,8)9;2*1-2-7-4-3-6(1)5-7;/h1-9H3;2*1-2,6-7H,3-5H2;/q;;;+2/t;2*6-,7+;. The molecule has 28 heavy (non-hydrogen) atoms. The number of fused-ring (bicyclic) bond motifs is 4. The molecule has 4 radical (unpaired) electrons. The summed E-state index contributed by atoms with van der Waals surface area (Å²) < 4.78 is 0. The third-order valence-electron chi connectivity index (χ3n) is 6.35. The Labute approximate surface area is 194 Å². The zero-order valence-corrected chi connectivity index (χ0v) is 23.3. The van der Waals surface area contributed by atoms with Crippen LogP contribution in [0, 0.1) is 49.4 Å². The van der Waals surface area contributed by atoms with E-state index in [1.807, 2.05) is 0 Å². The molecule has 0 aromatic carbocycles. The van der Waals surface area contributed by atoms with Gasteiger partial charge in [-0.2, -0.15) is 0 Å². The summed E-state index contributed by atoms with van der Waals surface area (Å²) in [6.45, 7) is 21.5. The normalized spacial score (nSPS) is 31.1. The molecule has 0 N–H and O–H groups in total. The second-order valence-electron chi connectivity index (χ2n) is 12.3. The molecule has 0 nitrogen and oxygen atoms in total. The van der Waals surface area contributed by atoms with Crippen molar-refractivity contribution in [2.24, 2.45) is 23.7 Å². The van der Waals surface area contributed by atoms with Crippen LogP contribution in [0.25, 0.3) is 0 Å². The molecule has 4 aliphatic rings. The first-order chi connectivity index (χ1) is 12.3. The molecule has 0 saturated heterocycles. The molecule has 2 heteroatoms. The molecule has 4 bridgehead atoms. The topological polar surface area (TPSA) is 0 Å². The summed E-state index contributed by atoms with van der Waals surface area (Å²) in [6.07, 6.45) is 18.4. The van der Waals surface area contributed by atoms with Crippen LogP contribution in [0.15, 0.2) is 0 Å². The molecule has 0 aromatic rings. The Balaban J connectivity index is 0.000000219. The number of hydrogen-bond donors (Lipinski definition) is 0. The van der Waals surface area contributed by atoms with Crippen molar-refractivity contribution in [2.75, 3.05) is 0 Å². The minimum atomic E-state index is 0. The molecule has 4 fully saturated rings. The molecule has 0 heterocycles. The zero-order chi connectivity index (χ0) is 20.5. The fourth-order valence-corrected chi connectivity index (χ4v) is 12.5. The van der Waals surface area contributed by atoms with Crippen molar-refractivity contribution in [3.8, 4) is 0 Å². The van der Waals surface area contributed by atoms with E-state index in [1.165, 1.54) is 38.5 Å². The van der Waals surface area contributed by atoms with Crippen LogP contribution in [-0.4, -0.2) is 15.5 Å². The van der Waals surface area contributed by atoms with Crippen LogP contribution in [0.3, 0.4) is 0 Å². The van der Waals surface area contributed by atoms with Gasteiger partial charge in [-0.05, 0) is 103 Å². The Bertz CT molecular complexity index is 359. The van der Waals surface area contributed by atoms with Crippen molar-refractivity contribution < 1.29 is 21.1 Å². The second-order valence-corrected chi connectivity index (χ2v) is 17.0. The molecule has 0 unspecified atom stereocenters. The predicted molar refractivity (Wildman–Crippen MR) is 125 cm³/mol. The van der Waals surface area contributed by atoms with Crippen molar-refractivity contribution in [2.45, 2.75) is 116 Å². The largest absolute Gasteiger partial charge is 2.00 e. The molecule has 0 aliphatic heterocycles. The molecule has 0 aromatic heterocycles. The average Bonchev–Trinajstić information content (AvgIpc) is 3.26. The molecule has 4 aliphatic carbocycles. The van der Waals surface area contributed by atoms with Crippen LogP contribution in [0.5, 0.6) is 0 Å². The van der Waals surface area contributed by atoms with Crippen LogP contribution in [0.1, 0.15) is 101 Å². The predicted octanol–water partition coefficient (Wildman–Crippen LogP) is 8.51. The van der Waals surface area contributed by atoms with Crippen molar-refractivity contribution in [1.29, 1.82) is 0 Å². The molecule has 4 rings (SSSR count). The van der Waals surface area contributed by atoms with Gasteiger partial charge in [0.1, 0.15) is 0 Å². The maximum atomic E-state index is 2.38. The second kappa shape index (κ2) is 10.6. The van der Waals surface area contributed by atoms with E-state index < -0.39 is 0 Å². The Hall–Kier alpha value is 1.12. The Kier molecular flexibility index (Phi) is 10.3. The molecular weight excluding hydrogens is 538 g/mol. The Morgan fingerprint density at radius 3 is 0.750 bits per heavy atom. The molecule has 0 amide bonds. The smallest absolute Gasteiger partial charge is 0.0901 e. The summed E-state index contributed by atoms with van der Waals surface area (Å²) in [7, 11) is 0.0162. The van der Waals surface area contributed by atoms with E-state index in [1.54, 1.807) is 0 Å². The number of rotatable bonds is 0. The fraction of sp³-hybridized carbons (Fsp3) is 0.846. The van der Waals surface area contributed by atoms with E-state index in [-0.39, 0.29) is 29.0 Å². The van der Waals surface area contributed by atoms with Crippen LogP contribution >= 0.6 is 7.92 Å². The summed E-state index contributed by atoms with van der Waals surface area (Å²) in [4.78, 5) is 0.